The minimum atomic E-state index is 0.302. The molecule has 20 heavy (non-hydrogen) atoms. The van der Waals surface area contributed by atoms with Gasteiger partial charge in [0, 0.05) is 45.5 Å². The van der Waals surface area contributed by atoms with Crippen LogP contribution in [0.1, 0.15) is 0 Å². The lowest BCUT2D eigenvalue weighted by Crippen LogP contribution is -2.52. The van der Waals surface area contributed by atoms with E-state index in [0.717, 1.165) is 43.5 Å². The highest BCUT2D eigenvalue weighted by Gasteiger charge is 2.18. The molecular formula is C14H21N3O2S. The first-order valence-electron chi connectivity index (χ1n) is 6.76. The summed E-state index contributed by atoms with van der Waals surface area (Å²) in [6.45, 7) is 5.06. The largest absolute Gasteiger partial charge is 0.508 e. The SMILES string of the molecule is COCCNC(=S)N1CCN(c2ccc(O)cc2)CC1. The second-order valence-electron chi connectivity index (χ2n) is 4.72. The molecule has 1 aromatic carbocycles. The Bertz CT molecular complexity index is 431. The van der Waals surface area contributed by atoms with E-state index in [4.69, 9.17) is 17.0 Å². The first kappa shape index (κ1) is 14.9. The molecule has 5 nitrogen and oxygen atoms in total. The topological polar surface area (TPSA) is 48.0 Å². The Labute approximate surface area is 125 Å². The molecule has 6 heteroatoms. The molecule has 0 aliphatic carbocycles. The number of hydrogen-bond acceptors (Lipinski definition) is 4. The maximum atomic E-state index is 9.31. The van der Waals surface area contributed by atoms with Crippen molar-refractivity contribution >= 4 is 23.0 Å². The summed E-state index contributed by atoms with van der Waals surface area (Å²) in [6.07, 6.45) is 0. The van der Waals surface area contributed by atoms with Crippen molar-refractivity contribution in [3.63, 3.8) is 0 Å². The van der Waals surface area contributed by atoms with Crippen LogP contribution in [-0.2, 0) is 4.74 Å². The molecule has 1 saturated heterocycles. The molecule has 0 atom stereocenters. The predicted molar refractivity (Wildman–Crippen MR) is 84.4 cm³/mol. The quantitative estimate of drug-likeness (QED) is 0.639. The van der Waals surface area contributed by atoms with Gasteiger partial charge in [0.25, 0.3) is 0 Å². The number of nitrogens with zero attached hydrogens (tertiary/aromatic N) is 2. The fourth-order valence-corrected chi connectivity index (χ4v) is 2.49. The molecule has 0 unspecified atom stereocenters. The zero-order valence-electron chi connectivity index (χ0n) is 11.7. The van der Waals surface area contributed by atoms with Crippen molar-refractivity contribution in [1.82, 2.24) is 10.2 Å². The molecule has 1 heterocycles. The number of thiocarbonyl (C=S) groups is 1. The maximum Gasteiger partial charge on any atom is 0.169 e. The number of nitrogens with one attached hydrogen (secondary N) is 1. The van der Waals surface area contributed by atoms with E-state index in [9.17, 15) is 5.11 Å². The van der Waals surface area contributed by atoms with Gasteiger partial charge in [0.1, 0.15) is 5.75 Å². The van der Waals surface area contributed by atoms with Gasteiger partial charge in [0.05, 0.1) is 6.61 Å². The highest BCUT2D eigenvalue weighted by Crippen LogP contribution is 2.19. The molecule has 0 aromatic heterocycles. The minimum absolute atomic E-state index is 0.302. The van der Waals surface area contributed by atoms with Crippen LogP contribution in [0.3, 0.4) is 0 Å². The minimum Gasteiger partial charge on any atom is -0.508 e. The molecule has 1 aliphatic heterocycles. The third-order valence-corrected chi connectivity index (χ3v) is 3.77. The summed E-state index contributed by atoms with van der Waals surface area (Å²) in [5, 5.41) is 13.3. The van der Waals surface area contributed by atoms with Crippen molar-refractivity contribution in [2.24, 2.45) is 0 Å². The summed E-state index contributed by atoms with van der Waals surface area (Å²) in [6, 6.07) is 7.33. The fourth-order valence-electron chi connectivity index (χ4n) is 2.20. The first-order chi connectivity index (χ1) is 9.70. The molecule has 0 bridgehead atoms. The Morgan fingerprint density at radius 1 is 1.25 bits per heavy atom. The molecule has 2 N–H and O–H groups in total. The summed E-state index contributed by atoms with van der Waals surface area (Å²) in [5.41, 5.74) is 1.14. The summed E-state index contributed by atoms with van der Waals surface area (Å²) in [5.74, 6) is 0.302. The number of phenolic OH excluding ortho intramolecular Hbond substituents is 1. The van der Waals surface area contributed by atoms with Crippen LogP contribution in [0.15, 0.2) is 24.3 Å². The van der Waals surface area contributed by atoms with Gasteiger partial charge in [0.15, 0.2) is 5.11 Å². The number of ether oxygens (including phenoxy) is 1. The van der Waals surface area contributed by atoms with E-state index in [-0.39, 0.29) is 0 Å². The number of hydrogen-bond donors (Lipinski definition) is 2. The monoisotopic (exact) mass is 295 g/mol. The lowest BCUT2D eigenvalue weighted by molar-refractivity contribution is 0.202. The van der Waals surface area contributed by atoms with Gasteiger partial charge in [-0.05, 0) is 36.5 Å². The van der Waals surface area contributed by atoms with Crippen molar-refractivity contribution < 1.29 is 9.84 Å². The van der Waals surface area contributed by atoms with Crippen molar-refractivity contribution in [2.45, 2.75) is 0 Å². The van der Waals surface area contributed by atoms with E-state index >= 15 is 0 Å². The average molecular weight is 295 g/mol. The van der Waals surface area contributed by atoms with Crippen LogP contribution in [0.2, 0.25) is 0 Å². The van der Waals surface area contributed by atoms with E-state index in [1.165, 1.54) is 0 Å². The summed E-state index contributed by atoms with van der Waals surface area (Å²) >= 11 is 5.37. The Morgan fingerprint density at radius 2 is 1.90 bits per heavy atom. The van der Waals surface area contributed by atoms with E-state index in [1.54, 1.807) is 19.2 Å². The van der Waals surface area contributed by atoms with E-state index in [0.29, 0.717) is 12.4 Å². The van der Waals surface area contributed by atoms with Crippen LogP contribution in [-0.4, -0.2) is 61.6 Å². The Kier molecular flexibility index (Phi) is 5.43. The molecule has 110 valence electrons. The van der Waals surface area contributed by atoms with Crippen LogP contribution >= 0.6 is 12.2 Å². The van der Waals surface area contributed by atoms with Crippen molar-refractivity contribution in [3.05, 3.63) is 24.3 Å². The Hall–Kier alpha value is -1.53. The van der Waals surface area contributed by atoms with Crippen LogP contribution in [0, 0.1) is 0 Å². The van der Waals surface area contributed by atoms with Gasteiger partial charge >= 0.3 is 0 Å². The van der Waals surface area contributed by atoms with Crippen molar-refractivity contribution in [1.29, 1.82) is 0 Å². The average Bonchev–Trinajstić information content (AvgIpc) is 2.48. The van der Waals surface area contributed by atoms with E-state index in [2.05, 4.69) is 15.1 Å². The molecule has 0 saturated carbocycles. The zero-order chi connectivity index (χ0) is 14.4. The van der Waals surface area contributed by atoms with Crippen LogP contribution in [0.4, 0.5) is 5.69 Å². The molecular weight excluding hydrogens is 274 g/mol. The normalized spacial score (nSPS) is 15.2. The Balaban J connectivity index is 1.80. The fraction of sp³-hybridized carbons (Fsp3) is 0.500. The van der Waals surface area contributed by atoms with Gasteiger partial charge in [-0.2, -0.15) is 0 Å². The summed E-state index contributed by atoms with van der Waals surface area (Å²) < 4.78 is 4.99. The third kappa shape index (κ3) is 3.98. The summed E-state index contributed by atoms with van der Waals surface area (Å²) in [7, 11) is 1.68. The molecule has 1 aliphatic rings. The highest BCUT2D eigenvalue weighted by atomic mass is 32.1. The number of piperazine rings is 1. The van der Waals surface area contributed by atoms with E-state index in [1.807, 2.05) is 12.1 Å². The van der Waals surface area contributed by atoms with E-state index < -0.39 is 0 Å². The number of anilines is 1. The second kappa shape index (κ2) is 7.31. The standard InChI is InChI=1S/C14H21N3O2S/c1-19-11-6-15-14(20)17-9-7-16(8-10-17)12-2-4-13(18)5-3-12/h2-5,18H,6-11H2,1H3,(H,15,20). The smallest absolute Gasteiger partial charge is 0.169 e. The highest BCUT2D eigenvalue weighted by molar-refractivity contribution is 7.80. The number of aromatic hydroxyl groups is 1. The van der Waals surface area contributed by atoms with Crippen LogP contribution in [0.5, 0.6) is 5.75 Å². The van der Waals surface area contributed by atoms with Crippen LogP contribution in [0.25, 0.3) is 0 Å². The number of benzene rings is 1. The van der Waals surface area contributed by atoms with Crippen molar-refractivity contribution in [3.8, 4) is 5.75 Å². The molecule has 2 rings (SSSR count). The molecule has 0 amide bonds. The lowest BCUT2D eigenvalue weighted by Gasteiger charge is -2.37. The molecule has 1 aromatic rings. The third-order valence-electron chi connectivity index (χ3n) is 3.36. The van der Waals surface area contributed by atoms with Gasteiger partial charge in [-0.3, -0.25) is 0 Å². The number of phenols is 1. The first-order valence-corrected chi connectivity index (χ1v) is 7.17. The molecule has 1 fully saturated rings. The van der Waals surface area contributed by atoms with Gasteiger partial charge in [-0.1, -0.05) is 0 Å². The number of rotatable bonds is 4. The maximum absolute atomic E-state index is 9.31. The van der Waals surface area contributed by atoms with Crippen LogP contribution < -0.4 is 10.2 Å². The summed E-state index contributed by atoms with van der Waals surface area (Å²) in [4.78, 5) is 4.48. The van der Waals surface area contributed by atoms with Gasteiger partial charge < -0.3 is 25.0 Å². The number of methoxy groups -OCH3 is 1. The molecule has 0 spiro atoms. The molecule has 0 radical (unpaired) electrons. The lowest BCUT2D eigenvalue weighted by atomic mass is 10.2. The van der Waals surface area contributed by atoms with Gasteiger partial charge in [0.2, 0.25) is 0 Å². The van der Waals surface area contributed by atoms with Gasteiger partial charge in [-0.25, -0.2) is 0 Å². The Morgan fingerprint density at radius 3 is 2.50 bits per heavy atom. The van der Waals surface area contributed by atoms with Gasteiger partial charge in [-0.15, -0.1) is 0 Å². The second-order valence-corrected chi connectivity index (χ2v) is 5.10. The predicted octanol–water partition coefficient (Wildman–Crippen LogP) is 1.04. The van der Waals surface area contributed by atoms with Crippen molar-refractivity contribution in [2.75, 3.05) is 51.3 Å². The zero-order valence-corrected chi connectivity index (χ0v) is 12.5.